The second-order valence-electron chi connectivity index (χ2n) is 7.09. The number of nitrogens with one attached hydrogen (secondary N) is 1. The van der Waals surface area contributed by atoms with E-state index in [1.807, 2.05) is 0 Å². The third-order valence-corrected chi connectivity index (χ3v) is 5.58. The largest absolute Gasteiger partial charge is 0.334 e. The van der Waals surface area contributed by atoms with Crippen molar-refractivity contribution in [2.45, 2.75) is 12.0 Å². The summed E-state index contributed by atoms with van der Waals surface area (Å²) in [6.07, 6.45) is 0. The fourth-order valence-electron chi connectivity index (χ4n) is 3.83. The van der Waals surface area contributed by atoms with Crippen molar-refractivity contribution in [3.05, 3.63) is 100 Å². The van der Waals surface area contributed by atoms with Gasteiger partial charge in [-0.05, 0) is 47.5 Å². The molecule has 152 valence electrons. The van der Waals surface area contributed by atoms with Crippen molar-refractivity contribution in [3.63, 3.8) is 0 Å². The molecule has 2 atom stereocenters. The maximum Gasteiger partial charge on any atom is 0.254 e. The Morgan fingerprint density at radius 2 is 1.67 bits per heavy atom. The second-order valence-corrected chi connectivity index (χ2v) is 7.50. The third-order valence-electron chi connectivity index (χ3n) is 5.26. The minimum Gasteiger partial charge on any atom is -0.334 e. The lowest BCUT2D eigenvalue weighted by atomic mass is 9.79. The molecule has 30 heavy (non-hydrogen) atoms. The predicted molar refractivity (Wildman–Crippen MR) is 110 cm³/mol. The van der Waals surface area contributed by atoms with Crippen molar-refractivity contribution in [2.75, 3.05) is 12.4 Å². The number of halogens is 3. The van der Waals surface area contributed by atoms with E-state index in [1.165, 1.54) is 29.2 Å². The lowest BCUT2D eigenvalue weighted by Gasteiger charge is -2.39. The average Bonchev–Trinajstić information content (AvgIpc) is 2.73. The number of carbonyl (C=O) groups is 2. The Hall–Kier alpha value is -3.25. The van der Waals surface area contributed by atoms with E-state index in [0.717, 1.165) is 6.07 Å². The Kier molecular flexibility index (Phi) is 5.26. The first-order valence-corrected chi connectivity index (χ1v) is 9.62. The van der Waals surface area contributed by atoms with Crippen molar-refractivity contribution >= 4 is 29.1 Å². The van der Waals surface area contributed by atoms with Crippen molar-refractivity contribution in [3.8, 4) is 0 Å². The summed E-state index contributed by atoms with van der Waals surface area (Å²) in [5.41, 5.74) is 1.86. The van der Waals surface area contributed by atoms with Gasteiger partial charge < -0.3 is 10.2 Å². The summed E-state index contributed by atoms with van der Waals surface area (Å²) >= 11 is 6.07. The van der Waals surface area contributed by atoms with E-state index in [1.54, 1.807) is 43.4 Å². The highest BCUT2D eigenvalue weighted by Gasteiger charge is 2.42. The molecule has 0 radical (unpaired) electrons. The van der Waals surface area contributed by atoms with Gasteiger partial charge in [0.15, 0.2) is 0 Å². The molecular formula is C23H17ClF2N2O2. The normalized spacial score (nSPS) is 18.1. The predicted octanol–water partition coefficient (Wildman–Crippen LogP) is 5.17. The molecule has 0 aliphatic carbocycles. The number of hydrogen-bond acceptors (Lipinski definition) is 2. The lowest BCUT2D eigenvalue weighted by Crippen LogP contribution is -2.44. The molecule has 3 aromatic rings. The molecular weight excluding hydrogens is 410 g/mol. The Morgan fingerprint density at radius 3 is 2.37 bits per heavy atom. The molecule has 1 heterocycles. The number of carbonyl (C=O) groups excluding carboxylic acids is 2. The van der Waals surface area contributed by atoms with Crippen LogP contribution in [0.2, 0.25) is 5.02 Å². The third kappa shape index (κ3) is 3.55. The van der Waals surface area contributed by atoms with E-state index in [0.29, 0.717) is 16.7 Å². The van der Waals surface area contributed by atoms with Crippen LogP contribution in [0, 0.1) is 11.6 Å². The monoisotopic (exact) mass is 426 g/mol. The zero-order valence-corrected chi connectivity index (χ0v) is 16.7. The number of likely N-dealkylation sites (N-methyl/N-ethyl adjacent to an activating group) is 1. The van der Waals surface area contributed by atoms with Gasteiger partial charge >= 0.3 is 0 Å². The first kappa shape index (κ1) is 20.0. The van der Waals surface area contributed by atoms with E-state index in [-0.39, 0.29) is 16.6 Å². The molecule has 0 fully saturated rings. The molecule has 2 amide bonds. The number of anilines is 1. The van der Waals surface area contributed by atoms with Crippen LogP contribution in [-0.4, -0.2) is 23.8 Å². The molecule has 0 aromatic heterocycles. The van der Waals surface area contributed by atoms with Crippen LogP contribution in [-0.2, 0) is 4.79 Å². The van der Waals surface area contributed by atoms with Crippen LogP contribution < -0.4 is 5.32 Å². The summed E-state index contributed by atoms with van der Waals surface area (Å²) in [6, 6.07) is 15.6. The van der Waals surface area contributed by atoms with Gasteiger partial charge in [-0.25, -0.2) is 8.78 Å². The Bertz CT molecular complexity index is 1130. The van der Waals surface area contributed by atoms with Crippen LogP contribution in [0.1, 0.15) is 33.4 Å². The summed E-state index contributed by atoms with van der Waals surface area (Å²) < 4.78 is 26.9. The van der Waals surface area contributed by atoms with Gasteiger partial charge in [0, 0.05) is 12.6 Å². The van der Waals surface area contributed by atoms with E-state index >= 15 is 0 Å². The summed E-state index contributed by atoms with van der Waals surface area (Å²) in [6.45, 7) is 0. The fraction of sp³-hybridized carbons (Fsp3) is 0.130. The van der Waals surface area contributed by atoms with E-state index < -0.39 is 29.5 Å². The molecule has 0 saturated heterocycles. The summed E-state index contributed by atoms with van der Waals surface area (Å²) in [5.74, 6) is -2.36. The van der Waals surface area contributed by atoms with Gasteiger partial charge in [0.25, 0.3) is 5.91 Å². The van der Waals surface area contributed by atoms with Gasteiger partial charge in [0.1, 0.15) is 11.6 Å². The van der Waals surface area contributed by atoms with Gasteiger partial charge in [-0.1, -0.05) is 41.9 Å². The first-order chi connectivity index (χ1) is 14.4. The maximum atomic E-state index is 13.5. The molecule has 1 aliphatic heterocycles. The Balaban J connectivity index is 1.81. The summed E-state index contributed by atoms with van der Waals surface area (Å²) in [4.78, 5) is 27.8. The Morgan fingerprint density at radius 1 is 1.00 bits per heavy atom. The van der Waals surface area contributed by atoms with E-state index in [9.17, 15) is 18.4 Å². The quantitative estimate of drug-likeness (QED) is 0.628. The molecule has 1 aliphatic rings. The highest BCUT2D eigenvalue weighted by Crippen LogP contribution is 2.42. The maximum absolute atomic E-state index is 13.5. The first-order valence-electron chi connectivity index (χ1n) is 9.24. The van der Waals surface area contributed by atoms with Gasteiger partial charge in [0.2, 0.25) is 5.91 Å². The van der Waals surface area contributed by atoms with Crippen molar-refractivity contribution in [2.24, 2.45) is 0 Å². The lowest BCUT2D eigenvalue weighted by molar-refractivity contribution is -0.119. The highest BCUT2D eigenvalue weighted by atomic mass is 35.5. The topological polar surface area (TPSA) is 49.4 Å². The number of benzene rings is 3. The highest BCUT2D eigenvalue weighted by molar-refractivity contribution is 6.33. The van der Waals surface area contributed by atoms with Gasteiger partial charge in [0.05, 0.1) is 22.7 Å². The number of amides is 2. The molecule has 0 saturated carbocycles. The molecule has 7 heteroatoms. The fourth-order valence-corrected chi connectivity index (χ4v) is 4.05. The Labute approximate surface area is 177 Å². The average molecular weight is 427 g/mol. The molecule has 0 spiro atoms. The van der Waals surface area contributed by atoms with Crippen LogP contribution in [0.5, 0.6) is 0 Å². The molecule has 3 aromatic carbocycles. The summed E-state index contributed by atoms with van der Waals surface area (Å²) in [5, 5.41) is 2.81. The van der Waals surface area contributed by atoms with Crippen molar-refractivity contribution < 1.29 is 18.4 Å². The van der Waals surface area contributed by atoms with Crippen LogP contribution in [0.15, 0.2) is 66.7 Å². The standard InChI is InChI=1S/C23H17ClF2N2O2/c1-28-21(13-6-8-14(25)9-7-13)20(16-4-2-3-5-17(16)23(28)30)22(29)27-19-11-10-15(26)12-18(19)24/h2-12,20-21H,1H3,(H,27,29). The van der Waals surface area contributed by atoms with Crippen LogP contribution in [0.4, 0.5) is 14.5 Å². The van der Waals surface area contributed by atoms with Crippen molar-refractivity contribution in [1.29, 1.82) is 0 Å². The second kappa shape index (κ2) is 7.88. The molecule has 1 N–H and O–H groups in total. The SMILES string of the molecule is CN1C(=O)c2ccccc2C(C(=O)Nc2ccc(F)cc2Cl)C1c1ccc(F)cc1. The molecule has 4 nitrogen and oxygen atoms in total. The van der Waals surface area contributed by atoms with Crippen LogP contribution >= 0.6 is 11.6 Å². The summed E-state index contributed by atoms with van der Waals surface area (Å²) in [7, 11) is 1.61. The van der Waals surface area contributed by atoms with E-state index in [2.05, 4.69) is 5.32 Å². The number of nitrogens with zero attached hydrogens (tertiary/aromatic N) is 1. The molecule has 2 unspecified atom stereocenters. The zero-order valence-electron chi connectivity index (χ0n) is 15.9. The molecule has 4 rings (SSSR count). The number of hydrogen-bond donors (Lipinski definition) is 1. The van der Waals surface area contributed by atoms with Gasteiger partial charge in [-0.3, -0.25) is 9.59 Å². The number of rotatable bonds is 3. The number of fused-ring (bicyclic) bond motifs is 1. The van der Waals surface area contributed by atoms with Gasteiger partial charge in [-0.15, -0.1) is 0 Å². The van der Waals surface area contributed by atoms with Gasteiger partial charge in [-0.2, -0.15) is 0 Å². The molecule has 0 bridgehead atoms. The zero-order chi connectivity index (χ0) is 21.4. The minimum atomic E-state index is -0.782. The minimum absolute atomic E-state index is 0.0650. The van der Waals surface area contributed by atoms with Crippen LogP contribution in [0.3, 0.4) is 0 Å². The smallest absolute Gasteiger partial charge is 0.254 e. The van der Waals surface area contributed by atoms with E-state index in [4.69, 9.17) is 11.6 Å². The van der Waals surface area contributed by atoms with Crippen molar-refractivity contribution in [1.82, 2.24) is 4.90 Å². The van der Waals surface area contributed by atoms with Crippen LogP contribution in [0.25, 0.3) is 0 Å².